The van der Waals surface area contributed by atoms with Crippen LogP contribution in [0.5, 0.6) is 0 Å². The van der Waals surface area contributed by atoms with Crippen LogP contribution in [0.2, 0.25) is 10.0 Å². The SMILES string of the molecule is O=C1c2ccccc2C(=O)N1c1cc(Cl)c(-c2cccs2)c(Cl)c1. The van der Waals surface area contributed by atoms with E-state index in [1.807, 2.05) is 17.5 Å². The Morgan fingerprint density at radius 1 is 0.833 bits per heavy atom. The van der Waals surface area contributed by atoms with E-state index in [2.05, 4.69) is 0 Å². The van der Waals surface area contributed by atoms with Crippen LogP contribution in [0.15, 0.2) is 53.9 Å². The Labute approximate surface area is 152 Å². The molecule has 3 aromatic rings. The molecule has 118 valence electrons. The molecule has 0 fully saturated rings. The van der Waals surface area contributed by atoms with E-state index in [4.69, 9.17) is 23.2 Å². The highest BCUT2D eigenvalue weighted by Gasteiger charge is 2.36. The standard InChI is InChI=1S/C18H9Cl2NO2S/c19-13-8-10(9-14(20)16(13)15-6-3-7-24-15)21-17(22)11-4-1-2-5-12(11)18(21)23/h1-9H. The second-order valence-corrected chi connectivity index (χ2v) is 7.02. The fourth-order valence-corrected chi connectivity index (χ4v) is 4.36. The van der Waals surface area contributed by atoms with Crippen molar-refractivity contribution in [2.24, 2.45) is 0 Å². The number of halogens is 2. The highest BCUT2D eigenvalue weighted by molar-refractivity contribution is 7.13. The summed E-state index contributed by atoms with van der Waals surface area (Å²) in [6, 6.07) is 13.8. The van der Waals surface area contributed by atoms with Gasteiger partial charge in [-0.15, -0.1) is 11.3 Å². The van der Waals surface area contributed by atoms with Crippen molar-refractivity contribution >= 4 is 52.0 Å². The quantitative estimate of drug-likeness (QED) is 0.554. The molecule has 0 saturated carbocycles. The van der Waals surface area contributed by atoms with E-state index in [9.17, 15) is 9.59 Å². The number of amides is 2. The Balaban J connectivity index is 1.82. The van der Waals surface area contributed by atoms with Crippen LogP contribution in [0.4, 0.5) is 5.69 Å². The second kappa shape index (κ2) is 5.74. The van der Waals surface area contributed by atoms with Crippen molar-refractivity contribution in [3.63, 3.8) is 0 Å². The van der Waals surface area contributed by atoms with Gasteiger partial charge < -0.3 is 0 Å². The Kier molecular flexibility index (Phi) is 3.68. The minimum absolute atomic E-state index is 0.369. The molecule has 2 aromatic carbocycles. The van der Waals surface area contributed by atoms with Gasteiger partial charge in [0.2, 0.25) is 0 Å². The lowest BCUT2D eigenvalue weighted by atomic mass is 10.1. The maximum absolute atomic E-state index is 12.6. The van der Waals surface area contributed by atoms with Crippen molar-refractivity contribution in [1.29, 1.82) is 0 Å². The van der Waals surface area contributed by atoms with Gasteiger partial charge in [0, 0.05) is 10.4 Å². The largest absolute Gasteiger partial charge is 0.268 e. The smallest absolute Gasteiger partial charge is 0.266 e. The molecule has 3 nitrogen and oxygen atoms in total. The predicted octanol–water partition coefficient (Wildman–Crippen LogP) is 5.52. The van der Waals surface area contributed by atoms with Crippen LogP contribution >= 0.6 is 34.5 Å². The van der Waals surface area contributed by atoms with Crippen LogP contribution in [0, 0.1) is 0 Å². The maximum Gasteiger partial charge on any atom is 0.266 e. The molecule has 2 heterocycles. The van der Waals surface area contributed by atoms with E-state index < -0.39 is 0 Å². The van der Waals surface area contributed by atoms with E-state index in [1.54, 1.807) is 36.4 Å². The van der Waals surface area contributed by atoms with Crippen molar-refractivity contribution in [2.45, 2.75) is 0 Å². The lowest BCUT2D eigenvalue weighted by molar-refractivity contribution is 0.0926. The molecule has 1 aliphatic rings. The van der Waals surface area contributed by atoms with Gasteiger partial charge in [-0.1, -0.05) is 41.4 Å². The zero-order chi connectivity index (χ0) is 16.8. The third-order valence-electron chi connectivity index (χ3n) is 3.85. The van der Waals surface area contributed by atoms with Gasteiger partial charge in [0.1, 0.15) is 0 Å². The summed E-state index contributed by atoms with van der Waals surface area (Å²) >= 11 is 14.3. The third kappa shape index (κ3) is 2.26. The molecule has 6 heteroatoms. The van der Waals surface area contributed by atoms with Crippen molar-refractivity contribution in [2.75, 3.05) is 4.90 Å². The summed E-state index contributed by atoms with van der Waals surface area (Å²) in [5.74, 6) is -0.738. The van der Waals surface area contributed by atoms with Crippen LogP contribution in [-0.2, 0) is 0 Å². The van der Waals surface area contributed by atoms with Gasteiger partial charge in [-0.25, -0.2) is 4.90 Å². The molecule has 0 atom stereocenters. The Morgan fingerprint density at radius 3 is 1.92 bits per heavy atom. The second-order valence-electron chi connectivity index (χ2n) is 5.25. The molecule has 4 rings (SSSR count). The highest BCUT2D eigenvalue weighted by Crippen LogP contribution is 2.41. The van der Waals surface area contributed by atoms with Crippen LogP contribution in [-0.4, -0.2) is 11.8 Å². The molecule has 1 aromatic heterocycles. The summed E-state index contributed by atoms with van der Waals surface area (Å²) in [5, 5.41) is 2.73. The van der Waals surface area contributed by atoms with Crippen molar-refractivity contribution in [3.8, 4) is 10.4 Å². The van der Waals surface area contributed by atoms with E-state index in [0.29, 0.717) is 32.4 Å². The fourth-order valence-electron chi connectivity index (χ4n) is 2.77. The molecule has 0 bridgehead atoms. The van der Waals surface area contributed by atoms with E-state index >= 15 is 0 Å². The third-order valence-corrected chi connectivity index (χ3v) is 5.33. The Hall–Kier alpha value is -2.14. The van der Waals surface area contributed by atoms with Crippen molar-refractivity contribution in [1.82, 2.24) is 0 Å². The van der Waals surface area contributed by atoms with Gasteiger partial charge in [0.05, 0.1) is 26.9 Å². The number of hydrogen-bond acceptors (Lipinski definition) is 3. The van der Waals surface area contributed by atoms with Crippen LogP contribution in [0.1, 0.15) is 20.7 Å². The number of benzene rings is 2. The molecular formula is C18H9Cl2NO2S. The van der Waals surface area contributed by atoms with Gasteiger partial charge in [-0.3, -0.25) is 9.59 Å². The molecule has 0 unspecified atom stereocenters. The van der Waals surface area contributed by atoms with Crippen LogP contribution in [0.3, 0.4) is 0 Å². The van der Waals surface area contributed by atoms with Crippen molar-refractivity contribution < 1.29 is 9.59 Å². The molecular weight excluding hydrogens is 365 g/mol. The van der Waals surface area contributed by atoms with Crippen LogP contribution in [0.25, 0.3) is 10.4 Å². The molecule has 0 aliphatic carbocycles. The molecule has 24 heavy (non-hydrogen) atoms. The van der Waals surface area contributed by atoms with Gasteiger partial charge in [-0.05, 0) is 35.7 Å². The number of hydrogen-bond donors (Lipinski definition) is 0. The maximum atomic E-state index is 12.6. The summed E-state index contributed by atoms with van der Waals surface area (Å²) < 4.78 is 0. The number of thiophene rings is 1. The average molecular weight is 374 g/mol. The highest BCUT2D eigenvalue weighted by atomic mass is 35.5. The topological polar surface area (TPSA) is 37.4 Å². The van der Waals surface area contributed by atoms with Crippen LogP contribution < -0.4 is 4.90 Å². The minimum Gasteiger partial charge on any atom is -0.268 e. The van der Waals surface area contributed by atoms with Gasteiger partial charge >= 0.3 is 0 Å². The van der Waals surface area contributed by atoms with E-state index in [-0.39, 0.29) is 11.8 Å². The molecule has 2 amide bonds. The average Bonchev–Trinajstić information content (AvgIpc) is 3.15. The molecule has 1 aliphatic heterocycles. The minimum atomic E-state index is -0.369. The number of rotatable bonds is 2. The van der Waals surface area contributed by atoms with Gasteiger partial charge in [-0.2, -0.15) is 0 Å². The number of fused-ring (bicyclic) bond motifs is 1. The summed E-state index contributed by atoms with van der Waals surface area (Å²) in [7, 11) is 0. The zero-order valence-corrected chi connectivity index (χ0v) is 14.5. The van der Waals surface area contributed by atoms with Gasteiger partial charge in [0.15, 0.2) is 0 Å². The summed E-state index contributed by atoms with van der Waals surface area (Å²) in [6.07, 6.45) is 0. The normalized spacial score (nSPS) is 13.5. The number of anilines is 1. The number of imide groups is 1. The molecule has 0 spiro atoms. The first-order valence-electron chi connectivity index (χ1n) is 7.08. The van der Waals surface area contributed by atoms with E-state index in [0.717, 1.165) is 9.78 Å². The fraction of sp³-hybridized carbons (Fsp3) is 0. The molecule has 0 N–H and O–H groups in total. The first-order chi connectivity index (χ1) is 11.6. The number of carbonyl (C=O) groups excluding carboxylic acids is 2. The number of carbonyl (C=O) groups is 2. The lowest BCUT2D eigenvalue weighted by Gasteiger charge is -2.16. The predicted molar refractivity (Wildman–Crippen MR) is 97.4 cm³/mol. The number of nitrogens with zero attached hydrogens (tertiary/aromatic N) is 1. The van der Waals surface area contributed by atoms with E-state index in [1.165, 1.54) is 11.3 Å². The Morgan fingerprint density at radius 2 is 1.42 bits per heavy atom. The Bertz CT molecular complexity index is 924. The summed E-state index contributed by atoms with van der Waals surface area (Å²) in [5.41, 5.74) is 1.85. The lowest BCUT2D eigenvalue weighted by Crippen LogP contribution is -2.29. The monoisotopic (exact) mass is 373 g/mol. The first kappa shape index (κ1) is 15.4. The molecule has 0 radical (unpaired) electrons. The van der Waals surface area contributed by atoms with Crippen molar-refractivity contribution in [3.05, 3.63) is 75.1 Å². The first-order valence-corrected chi connectivity index (χ1v) is 8.72. The zero-order valence-electron chi connectivity index (χ0n) is 12.1. The molecule has 0 saturated heterocycles. The summed E-state index contributed by atoms with van der Waals surface area (Å²) in [6.45, 7) is 0. The summed E-state index contributed by atoms with van der Waals surface area (Å²) in [4.78, 5) is 27.2. The van der Waals surface area contributed by atoms with Gasteiger partial charge in [0.25, 0.3) is 11.8 Å².